The molecule has 1 nitrogen and oxygen atoms in total. The second kappa shape index (κ2) is 5.13. The quantitative estimate of drug-likeness (QED) is 0.653. The van der Waals surface area contributed by atoms with Crippen molar-refractivity contribution >= 4 is 33.0 Å². The third-order valence-electron chi connectivity index (χ3n) is 4.33. The van der Waals surface area contributed by atoms with E-state index in [1.54, 1.807) is 0 Å². The molecule has 0 saturated heterocycles. The zero-order valence-corrected chi connectivity index (χ0v) is 13.3. The number of hydrogen-bond donors (Lipinski definition) is 1. The summed E-state index contributed by atoms with van der Waals surface area (Å²) in [6.45, 7) is 3.21. The average molecular weight is 314 g/mol. The highest BCUT2D eigenvalue weighted by molar-refractivity contribution is 7.19. The molecule has 3 heteroatoms. The summed E-state index contributed by atoms with van der Waals surface area (Å²) in [4.78, 5) is 1.49. The van der Waals surface area contributed by atoms with Crippen molar-refractivity contribution in [2.45, 2.75) is 25.4 Å². The van der Waals surface area contributed by atoms with Crippen molar-refractivity contribution in [3.63, 3.8) is 0 Å². The number of nitrogens with one attached hydrogen (secondary N) is 1. The minimum absolute atomic E-state index is 0.422. The van der Waals surface area contributed by atoms with Gasteiger partial charge in [0.15, 0.2) is 0 Å². The van der Waals surface area contributed by atoms with E-state index in [1.165, 1.54) is 26.1 Å². The monoisotopic (exact) mass is 313 g/mol. The van der Waals surface area contributed by atoms with Gasteiger partial charge in [0, 0.05) is 33.1 Å². The minimum atomic E-state index is 0.422. The maximum Gasteiger partial charge on any atom is 0.0413 e. The highest BCUT2D eigenvalue weighted by Gasteiger charge is 2.30. The van der Waals surface area contributed by atoms with Crippen LogP contribution in [0.2, 0.25) is 5.02 Å². The van der Waals surface area contributed by atoms with Crippen LogP contribution in [-0.4, -0.2) is 6.04 Å². The smallest absolute Gasteiger partial charge is 0.0413 e. The van der Waals surface area contributed by atoms with Crippen molar-refractivity contribution < 1.29 is 0 Å². The van der Waals surface area contributed by atoms with Crippen molar-refractivity contribution in [1.82, 2.24) is 5.32 Å². The molecule has 0 aliphatic carbocycles. The molecule has 1 aromatic heterocycles. The summed E-state index contributed by atoms with van der Waals surface area (Å²) >= 11 is 8.10. The molecule has 106 valence electrons. The Balaban J connectivity index is 1.94. The molecule has 2 aromatic carbocycles. The molecular formula is C18H16ClNS. The number of hydrogen-bond acceptors (Lipinski definition) is 2. The molecule has 0 radical (unpaired) electrons. The molecule has 0 amide bonds. The SMILES string of the molecule is CC1NCc2c(sc3ccc(Cl)cc23)C1c1ccccc1. The van der Waals surface area contributed by atoms with E-state index in [0.29, 0.717) is 12.0 Å². The Hall–Kier alpha value is -1.35. The fourth-order valence-corrected chi connectivity index (χ4v) is 4.89. The first-order valence-electron chi connectivity index (χ1n) is 7.23. The minimum Gasteiger partial charge on any atom is -0.309 e. The highest BCUT2D eigenvalue weighted by atomic mass is 35.5. The van der Waals surface area contributed by atoms with Gasteiger partial charge in [-0.2, -0.15) is 0 Å². The Labute approximate surface area is 133 Å². The second-order valence-corrected chi connectivity index (χ2v) is 7.16. The van der Waals surface area contributed by atoms with Gasteiger partial charge in [0.25, 0.3) is 0 Å². The average Bonchev–Trinajstić information content (AvgIpc) is 2.85. The van der Waals surface area contributed by atoms with Gasteiger partial charge in [0.1, 0.15) is 0 Å². The summed E-state index contributed by atoms with van der Waals surface area (Å²) in [7, 11) is 0. The van der Waals surface area contributed by atoms with E-state index in [4.69, 9.17) is 11.6 Å². The summed E-state index contributed by atoms with van der Waals surface area (Å²) in [6, 6.07) is 17.5. The van der Waals surface area contributed by atoms with Crippen LogP contribution in [0.1, 0.15) is 28.8 Å². The standard InChI is InChI=1S/C18H16ClNS/c1-11-17(12-5-3-2-4-6-12)18-15(10-20-11)14-9-13(19)7-8-16(14)21-18/h2-9,11,17,20H,10H2,1H3. The van der Waals surface area contributed by atoms with E-state index in [2.05, 4.69) is 54.7 Å². The Morgan fingerprint density at radius 3 is 2.76 bits per heavy atom. The van der Waals surface area contributed by atoms with Gasteiger partial charge in [-0.15, -0.1) is 11.3 Å². The lowest BCUT2D eigenvalue weighted by Gasteiger charge is -2.30. The molecule has 0 fully saturated rings. The number of rotatable bonds is 1. The van der Waals surface area contributed by atoms with Crippen LogP contribution in [0.3, 0.4) is 0 Å². The van der Waals surface area contributed by atoms with Crippen molar-refractivity contribution in [3.8, 4) is 0 Å². The summed E-state index contributed by atoms with van der Waals surface area (Å²) in [5.41, 5.74) is 2.81. The third-order valence-corrected chi connectivity index (χ3v) is 5.86. The number of fused-ring (bicyclic) bond motifs is 3. The van der Waals surface area contributed by atoms with E-state index in [-0.39, 0.29) is 0 Å². The maximum absolute atomic E-state index is 6.18. The summed E-state index contributed by atoms with van der Waals surface area (Å²) in [6.07, 6.45) is 0. The van der Waals surface area contributed by atoms with Crippen molar-refractivity contribution in [3.05, 3.63) is 69.6 Å². The molecule has 2 heterocycles. The fourth-order valence-electron chi connectivity index (χ4n) is 3.28. The van der Waals surface area contributed by atoms with Gasteiger partial charge in [-0.05, 0) is 41.6 Å². The largest absolute Gasteiger partial charge is 0.309 e. The van der Waals surface area contributed by atoms with E-state index in [1.807, 2.05) is 17.4 Å². The first kappa shape index (κ1) is 13.3. The van der Waals surface area contributed by atoms with Crippen molar-refractivity contribution in [2.75, 3.05) is 0 Å². The lowest BCUT2D eigenvalue weighted by molar-refractivity contribution is 0.475. The molecule has 21 heavy (non-hydrogen) atoms. The maximum atomic E-state index is 6.18. The van der Waals surface area contributed by atoms with Crippen molar-refractivity contribution in [2.24, 2.45) is 0 Å². The van der Waals surface area contributed by atoms with Gasteiger partial charge in [-0.1, -0.05) is 41.9 Å². The second-order valence-electron chi connectivity index (χ2n) is 5.64. The Kier molecular flexibility index (Phi) is 3.26. The molecule has 2 unspecified atom stereocenters. The van der Waals surface area contributed by atoms with Gasteiger partial charge in [0.05, 0.1) is 0 Å². The molecule has 1 aliphatic rings. The van der Waals surface area contributed by atoms with Crippen molar-refractivity contribution in [1.29, 1.82) is 0 Å². The highest BCUT2D eigenvalue weighted by Crippen LogP contribution is 2.43. The predicted molar refractivity (Wildman–Crippen MR) is 91.4 cm³/mol. The van der Waals surface area contributed by atoms with Crippen LogP contribution in [0.4, 0.5) is 0 Å². The first-order chi connectivity index (χ1) is 10.2. The predicted octanol–water partition coefficient (Wildman–Crippen LogP) is 5.18. The molecule has 1 aliphatic heterocycles. The van der Waals surface area contributed by atoms with Crippen LogP contribution in [0.5, 0.6) is 0 Å². The van der Waals surface area contributed by atoms with Gasteiger partial charge in [-0.25, -0.2) is 0 Å². The third kappa shape index (κ3) is 2.18. The van der Waals surface area contributed by atoms with Crippen LogP contribution in [0, 0.1) is 0 Å². The van der Waals surface area contributed by atoms with Gasteiger partial charge >= 0.3 is 0 Å². The zero-order valence-electron chi connectivity index (χ0n) is 11.8. The summed E-state index contributed by atoms with van der Waals surface area (Å²) in [5.74, 6) is 0.422. The zero-order chi connectivity index (χ0) is 14.4. The van der Waals surface area contributed by atoms with E-state index in [0.717, 1.165) is 11.6 Å². The van der Waals surface area contributed by atoms with E-state index >= 15 is 0 Å². The lowest BCUT2D eigenvalue weighted by Crippen LogP contribution is -2.36. The molecule has 0 bridgehead atoms. The molecule has 2 atom stereocenters. The molecule has 3 aromatic rings. The number of benzene rings is 2. The van der Waals surface area contributed by atoms with E-state index in [9.17, 15) is 0 Å². The van der Waals surface area contributed by atoms with Crippen LogP contribution >= 0.6 is 22.9 Å². The molecule has 1 N–H and O–H groups in total. The Morgan fingerprint density at radius 1 is 1.14 bits per heavy atom. The topological polar surface area (TPSA) is 12.0 Å². The fraction of sp³-hybridized carbons (Fsp3) is 0.222. The van der Waals surface area contributed by atoms with Gasteiger partial charge in [-0.3, -0.25) is 0 Å². The molecule has 0 saturated carbocycles. The molecular weight excluding hydrogens is 298 g/mol. The Morgan fingerprint density at radius 2 is 1.95 bits per heavy atom. The summed E-state index contributed by atoms with van der Waals surface area (Å²) in [5, 5.41) is 5.77. The van der Waals surface area contributed by atoms with E-state index < -0.39 is 0 Å². The molecule has 0 spiro atoms. The summed E-state index contributed by atoms with van der Waals surface area (Å²) < 4.78 is 1.33. The van der Waals surface area contributed by atoms with Crippen LogP contribution in [0.25, 0.3) is 10.1 Å². The normalized spacial score (nSPS) is 21.4. The first-order valence-corrected chi connectivity index (χ1v) is 8.42. The Bertz CT molecular complexity index is 794. The van der Waals surface area contributed by atoms with Crippen LogP contribution in [-0.2, 0) is 6.54 Å². The lowest BCUT2D eigenvalue weighted by atomic mass is 9.85. The molecule has 4 rings (SSSR count). The number of halogens is 1. The van der Waals surface area contributed by atoms with Crippen LogP contribution < -0.4 is 5.32 Å². The van der Waals surface area contributed by atoms with Crippen LogP contribution in [0.15, 0.2) is 48.5 Å². The number of thiophene rings is 1. The van der Waals surface area contributed by atoms with Gasteiger partial charge in [0.2, 0.25) is 0 Å². The van der Waals surface area contributed by atoms with Gasteiger partial charge < -0.3 is 5.32 Å².